The average molecular weight is 325 g/mol. The van der Waals surface area contributed by atoms with E-state index in [9.17, 15) is 9.90 Å². The number of ether oxygens (including phenoxy) is 1. The van der Waals surface area contributed by atoms with Crippen molar-refractivity contribution in [1.82, 2.24) is 5.32 Å². The highest BCUT2D eigenvalue weighted by Crippen LogP contribution is 2.30. The Hall–Kier alpha value is -2.33. The van der Waals surface area contributed by atoms with Crippen LogP contribution in [0.1, 0.15) is 25.7 Å². The lowest BCUT2D eigenvalue weighted by Crippen LogP contribution is -2.42. The van der Waals surface area contributed by atoms with Gasteiger partial charge in [0.25, 0.3) is 5.91 Å². The van der Waals surface area contributed by atoms with Crippen molar-refractivity contribution in [1.29, 1.82) is 0 Å². The van der Waals surface area contributed by atoms with E-state index in [2.05, 4.69) is 5.32 Å². The minimum Gasteiger partial charge on any atom is -0.483 e. The Kier molecular flexibility index (Phi) is 5.16. The van der Waals surface area contributed by atoms with E-state index in [-0.39, 0.29) is 12.5 Å². The van der Waals surface area contributed by atoms with Gasteiger partial charge in [0.15, 0.2) is 6.61 Å². The van der Waals surface area contributed by atoms with E-state index in [1.54, 1.807) is 0 Å². The molecule has 2 aromatic rings. The Bertz CT molecular complexity index is 678. The lowest BCUT2D eigenvalue weighted by Gasteiger charge is -2.22. The van der Waals surface area contributed by atoms with Crippen LogP contribution in [0.15, 0.2) is 54.6 Å². The molecule has 126 valence electrons. The minimum atomic E-state index is -0.738. The van der Waals surface area contributed by atoms with E-state index >= 15 is 0 Å². The summed E-state index contributed by atoms with van der Waals surface area (Å²) in [6.45, 7) is 0.245. The number of aliphatic hydroxyl groups is 1. The molecule has 24 heavy (non-hydrogen) atoms. The Balaban J connectivity index is 1.58. The fraction of sp³-hybridized carbons (Fsp3) is 0.350. The van der Waals surface area contributed by atoms with Crippen molar-refractivity contribution in [3.63, 3.8) is 0 Å². The van der Waals surface area contributed by atoms with Crippen molar-refractivity contribution in [2.45, 2.75) is 31.3 Å². The van der Waals surface area contributed by atoms with Gasteiger partial charge in [-0.1, -0.05) is 61.4 Å². The first-order chi connectivity index (χ1) is 11.7. The fourth-order valence-corrected chi connectivity index (χ4v) is 3.12. The summed E-state index contributed by atoms with van der Waals surface area (Å²) in [6, 6.07) is 17.6. The summed E-state index contributed by atoms with van der Waals surface area (Å²) >= 11 is 0. The van der Waals surface area contributed by atoms with Crippen LogP contribution in [0.2, 0.25) is 0 Å². The van der Waals surface area contributed by atoms with Crippen molar-refractivity contribution in [3.8, 4) is 16.9 Å². The molecule has 0 radical (unpaired) electrons. The summed E-state index contributed by atoms with van der Waals surface area (Å²) in [5, 5.41) is 13.0. The molecular formula is C20H23NO3. The second-order valence-electron chi connectivity index (χ2n) is 6.36. The number of para-hydroxylation sites is 1. The molecule has 1 aliphatic carbocycles. The molecule has 0 bridgehead atoms. The molecule has 0 heterocycles. The van der Waals surface area contributed by atoms with E-state index in [1.807, 2.05) is 54.6 Å². The lowest BCUT2D eigenvalue weighted by atomic mass is 10.0. The summed E-state index contributed by atoms with van der Waals surface area (Å²) in [5.41, 5.74) is 1.27. The lowest BCUT2D eigenvalue weighted by molar-refractivity contribution is -0.124. The molecular weight excluding hydrogens is 302 g/mol. The first-order valence-corrected chi connectivity index (χ1v) is 8.43. The summed E-state index contributed by atoms with van der Waals surface area (Å²) in [7, 11) is 0. The third kappa shape index (κ3) is 4.15. The number of nitrogens with one attached hydrogen (secondary N) is 1. The van der Waals surface area contributed by atoms with Gasteiger partial charge in [-0.15, -0.1) is 0 Å². The molecule has 0 atom stereocenters. The number of amides is 1. The van der Waals surface area contributed by atoms with Crippen molar-refractivity contribution < 1.29 is 14.6 Å². The van der Waals surface area contributed by atoms with Gasteiger partial charge in [0.2, 0.25) is 0 Å². The summed E-state index contributed by atoms with van der Waals surface area (Å²) in [5.74, 6) is 0.469. The van der Waals surface area contributed by atoms with Crippen LogP contribution in [0.4, 0.5) is 0 Å². The summed E-state index contributed by atoms with van der Waals surface area (Å²) in [4.78, 5) is 12.0. The van der Waals surface area contributed by atoms with Crippen LogP contribution in [0.5, 0.6) is 5.75 Å². The molecule has 2 aromatic carbocycles. The molecule has 0 aromatic heterocycles. The minimum absolute atomic E-state index is 0.0556. The largest absolute Gasteiger partial charge is 0.483 e. The zero-order valence-electron chi connectivity index (χ0n) is 13.7. The van der Waals surface area contributed by atoms with Gasteiger partial charge in [0.05, 0.1) is 5.60 Å². The summed E-state index contributed by atoms with van der Waals surface area (Å²) in [6.07, 6.45) is 3.55. The normalized spacial score (nSPS) is 15.9. The maximum atomic E-state index is 12.0. The Labute approximate surface area is 142 Å². The monoisotopic (exact) mass is 325 g/mol. The first-order valence-electron chi connectivity index (χ1n) is 8.43. The van der Waals surface area contributed by atoms with Crippen LogP contribution < -0.4 is 10.1 Å². The van der Waals surface area contributed by atoms with Gasteiger partial charge >= 0.3 is 0 Å². The van der Waals surface area contributed by atoms with E-state index < -0.39 is 5.60 Å². The van der Waals surface area contributed by atoms with Crippen LogP contribution in [-0.2, 0) is 4.79 Å². The van der Waals surface area contributed by atoms with Gasteiger partial charge in [-0.2, -0.15) is 0 Å². The van der Waals surface area contributed by atoms with Crippen LogP contribution in [-0.4, -0.2) is 29.8 Å². The molecule has 0 saturated heterocycles. The van der Waals surface area contributed by atoms with Gasteiger partial charge in [-0.3, -0.25) is 4.79 Å². The molecule has 0 aliphatic heterocycles. The molecule has 1 saturated carbocycles. The van der Waals surface area contributed by atoms with Gasteiger partial charge in [-0.25, -0.2) is 0 Å². The third-order valence-corrected chi connectivity index (χ3v) is 4.48. The first kappa shape index (κ1) is 16.5. The molecule has 1 aliphatic rings. The van der Waals surface area contributed by atoms with E-state index in [0.717, 1.165) is 36.8 Å². The Morgan fingerprint density at radius 1 is 1.04 bits per heavy atom. The number of hydrogen-bond acceptors (Lipinski definition) is 3. The average Bonchev–Trinajstić information content (AvgIpc) is 3.06. The molecule has 1 fully saturated rings. The second kappa shape index (κ2) is 7.49. The summed E-state index contributed by atoms with van der Waals surface area (Å²) < 4.78 is 5.71. The van der Waals surface area contributed by atoms with Crippen molar-refractivity contribution in [2.24, 2.45) is 0 Å². The van der Waals surface area contributed by atoms with Gasteiger partial charge < -0.3 is 15.2 Å². The van der Waals surface area contributed by atoms with E-state index in [4.69, 9.17) is 4.74 Å². The van der Waals surface area contributed by atoms with E-state index in [1.165, 1.54) is 0 Å². The molecule has 0 spiro atoms. The molecule has 4 heteroatoms. The molecule has 0 unspecified atom stereocenters. The van der Waals surface area contributed by atoms with Gasteiger partial charge in [0.1, 0.15) is 5.75 Å². The SMILES string of the molecule is O=C(COc1ccccc1-c1ccccc1)NCC1(O)CCCC1. The van der Waals surface area contributed by atoms with Crippen LogP contribution in [0.3, 0.4) is 0 Å². The maximum Gasteiger partial charge on any atom is 0.258 e. The van der Waals surface area contributed by atoms with Crippen molar-refractivity contribution in [2.75, 3.05) is 13.2 Å². The highest BCUT2D eigenvalue weighted by Gasteiger charge is 2.31. The smallest absolute Gasteiger partial charge is 0.258 e. The molecule has 2 N–H and O–H groups in total. The highest BCUT2D eigenvalue weighted by molar-refractivity contribution is 5.78. The predicted molar refractivity (Wildman–Crippen MR) is 93.8 cm³/mol. The number of rotatable bonds is 6. The predicted octanol–water partition coefficient (Wildman–Crippen LogP) is 3.15. The van der Waals surface area contributed by atoms with Crippen LogP contribution in [0, 0.1) is 0 Å². The number of hydrogen-bond donors (Lipinski definition) is 2. The number of carbonyl (C=O) groups is 1. The molecule has 4 nitrogen and oxygen atoms in total. The van der Waals surface area contributed by atoms with E-state index in [0.29, 0.717) is 12.3 Å². The van der Waals surface area contributed by atoms with Gasteiger partial charge in [-0.05, 0) is 24.5 Å². The maximum absolute atomic E-state index is 12.0. The molecule has 3 rings (SSSR count). The quantitative estimate of drug-likeness (QED) is 0.858. The Morgan fingerprint density at radius 3 is 2.46 bits per heavy atom. The zero-order chi connectivity index (χ0) is 16.8. The van der Waals surface area contributed by atoms with Crippen LogP contribution in [0.25, 0.3) is 11.1 Å². The van der Waals surface area contributed by atoms with Crippen molar-refractivity contribution in [3.05, 3.63) is 54.6 Å². The topological polar surface area (TPSA) is 58.6 Å². The fourth-order valence-electron chi connectivity index (χ4n) is 3.12. The number of carbonyl (C=O) groups excluding carboxylic acids is 1. The van der Waals surface area contributed by atoms with Crippen molar-refractivity contribution >= 4 is 5.91 Å². The van der Waals surface area contributed by atoms with Crippen LogP contribution >= 0.6 is 0 Å². The standard InChI is InChI=1S/C20H23NO3/c22-19(21-15-20(23)12-6-7-13-20)14-24-18-11-5-4-10-17(18)16-8-2-1-3-9-16/h1-5,8-11,23H,6-7,12-15H2,(H,21,22). The highest BCUT2D eigenvalue weighted by atomic mass is 16.5. The molecule has 1 amide bonds. The second-order valence-corrected chi connectivity index (χ2v) is 6.36. The Morgan fingerprint density at radius 2 is 1.71 bits per heavy atom. The third-order valence-electron chi connectivity index (χ3n) is 4.48. The zero-order valence-corrected chi connectivity index (χ0v) is 13.7. The van der Waals surface area contributed by atoms with Gasteiger partial charge in [0, 0.05) is 12.1 Å². The number of benzene rings is 2.